The Balaban J connectivity index is 0.00000182. The molecule has 132 valence electrons. The number of halogens is 1. The Hall–Kier alpha value is -2.38. The maximum atomic E-state index is 12.4. The maximum absolute atomic E-state index is 12.4. The van der Waals surface area contributed by atoms with Crippen molar-refractivity contribution >= 4 is 29.9 Å². The van der Waals surface area contributed by atoms with Crippen molar-refractivity contribution < 1.29 is 9.59 Å². The molecule has 8 heteroatoms. The molecule has 1 aromatic carbocycles. The lowest BCUT2D eigenvalue weighted by atomic mass is 10.1. The third-order valence-electron chi connectivity index (χ3n) is 4.61. The number of nitrogens with one attached hydrogen (secondary N) is 3. The molecule has 4 rings (SSSR count). The van der Waals surface area contributed by atoms with Gasteiger partial charge in [0.2, 0.25) is 5.91 Å². The van der Waals surface area contributed by atoms with E-state index < -0.39 is 0 Å². The molecule has 25 heavy (non-hydrogen) atoms. The lowest BCUT2D eigenvalue weighted by Gasteiger charge is -2.17. The van der Waals surface area contributed by atoms with Gasteiger partial charge in [0.15, 0.2) is 5.69 Å². The second kappa shape index (κ2) is 7.25. The summed E-state index contributed by atoms with van der Waals surface area (Å²) >= 11 is 0. The van der Waals surface area contributed by atoms with Crippen LogP contribution in [0.15, 0.2) is 24.3 Å². The zero-order chi connectivity index (χ0) is 16.5. The van der Waals surface area contributed by atoms with Gasteiger partial charge >= 0.3 is 0 Å². The molecular weight excluding hydrogens is 342 g/mol. The normalized spacial score (nSPS) is 15.1. The van der Waals surface area contributed by atoms with Gasteiger partial charge in [0.05, 0.1) is 6.54 Å². The Morgan fingerprint density at radius 2 is 2.08 bits per heavy atom. The van der Waals surface area contributed by atoms with Crippen LogP contribution in [0.1, 0.15) is 27.3 Å². The van der Waals surface area contributed by atoms with Gasteiger partial charge in [0.1, 0.15) is 0 Å². The first kappa shape index (κ1) is 17.4. The van der Waals surface area contributed by atoms with E-state index in [2.05, 4.69) is 20.8 Å². The third kappa shape index (κ3) is 3.25. The number of fused-ring (bicyclic) bond motifs is 2. The third-order valence-corrected chi connectivity index (χ3v) is 4.61. The van der Waals surface area contributed by atoms with Gasteiger partial charge in [-0.25, -0.2) is 0 Å². The Kier molecular flexibility index (Phi) is 5.06. The zero-order valence-corrected chi connectivity index (χ0v) is 14.5. The molecule has 0 saturated heterocycles. The van der Waals surface area contributed by atoms with E-state index in [0.29, 0.717) is 18.8 Å². The van der Waals surface area contributed by atoms with Gasteiger partial charge in [0.25, 0.3) is 5.91 Å². The van der Waals surface area contributed by atoms with Crippen LogP contribution < -0.4 is 15.5 Å². The standard InChI is InChI=1S/C17H19N5O2.ClH/c23-15(22-8-6-11-3-1-2-4-14(11)22)10-19-17(24)16-12-9-18-7-5-13(12)20-21-16;/h1-4,18H,5-10H2,(H,19,24)(H,20,21);1H. The van der Waals surface area contributed by atoms with Crippen molar-refractivity contribution in [1.29, 1.82) is 0 Å². The van der Waals surface area contributed by atoms with Gasteiger partial charge in [-0.3, -0.25) is 14.7 Å². The van der Waals surface area contributed by atoms with E-state index >= 15 is 0 Å². The average molecular weight is 362 g/mol. The van der Waals surface area contributed by atoms with Gasteiger partial charge in [-0.1, -0.05) is 18.2 Å². The molecule has 2 aliphatic heterocycles. The summed E-state index contributed by atoms with van der Waals surface area (Å²) in [5.74, 6) is -0.409. The Morgan fingerprint density at radius 3 is 2.96 bits per heavy atom. The molecule has 1 aromatic heterocycles. The molecule has 3 N–H and O–H groups in total. The summed E-state index contributed by atoms with van der Waals surface area (Å²) < 4.78 is 0. The second-order valence-electron chi connectivity index (χ2n) is 6.06. The number of benzene rings is 1. The zero-order valence-electron chi connectivity index (χ0n) is 13.7. The van der Waals surface area contributed by atoms with Gasteiger partial charge in [-0.2, -0.15) is 5.10 Å². The highest BCUT2D eigenvalue weighted by Crippen LogP contribution is 2.27. The van der Waals surface area contributed by atoms with Crippen molar-refractivity contribution in [1.82, 2.24) is 20.8 Å². The summed E-state index contributed by atoms with van der Waals surface area (Å²) in [4.78, 5) is 26.5. The predicted molar refractivity (Wildman–Crippen MR) is 96.1 cm³/mol. The molecular formula is C17H20ClN5O2. The molecule has 0 aliphatic carbocycles. The lowest BCUT2D eigenvalue weighted by Crippen LogP contribution is -2.40. The molecule has 2 amide bonds. The number of hydrogen-bond acceptors (Lipinski definition) is 4. The fourth-order valence-corrected chi connectivity index (χ4v) is 3.35. The number of rotatable bonds is 3. The highest BCUT2D eigenvalue weighted by Gasteiger charge is 2.26. The molecule has 0 bridgehead atoms. The Bertz CT molecular complexity index is 804. The summed E-state index contributed by atoms with van der Waals surface area (Å²) in [5, 5.41) is 13.0. The van der Waals surface area contributed by atoms with Crippen LogP contribution in [-0.4, -0.2) is 41.6 Å². The number of aromatic amines is 1. The number of para-hydroxylation sites is 1. The second-order valence-corrected chi connectivity index (χ2v) is 6.06. The van der Waals surface area contributed by atoms with E-state index in [1.807, 2.05) is 24.3 Å². The van der Waals surface area contributed by atoms with Gasteiger partial charge in [0, 0.05) is 43.0 Å². The highest BCUT2D eigenvalue weighted by atomic mass is 35.5. The first-order valence-electron chi connectivity index (χ1n) is 8.17. The quantitative estimate of drug-likeness (QED) is 0.754. The van der Waals surface area contributed by atoms with Crippen molar-refractivity contribution in [3.8, 4) is 0 Å². The number of carbonyl (C=O) groups excluding carboxylic acids is 2. The smallest absolute Gasteiger partial charge is 0.272 e. The summed E-state index contributed by atoms with van der Waals surface area (Å²) in [6.07, 6.45) is 1.69. The maximum Gasteiger partial charge on any atom is 0.272 e. The van der Waals surface area contributed by atoms with Gasteiger partial charge < -0.3 is 15.5 Å². The molecule has 2 aromatic rings. The van der Waals surface area contributed by atoms with E-state index in [0.717, 1.165) is 36.3 Å². The van der Waals surface area contributed by atoms with Gasteiger partial charge in [-0.15, -0.1) is 12.4 Å². The molecule has 0 unspecified atom stereocenters. The van der Waals surface area contributed by atoms with E-state index in [-0.39, 0.29) is 30.8 Å². The van der Waals surface area contributed by atoms with E-state index in [4.69, 9.17) is 0 Å². The molecule has 7 nitrogen and oxygen atoms in total. The molecule has 0 radical (unpaired) electrons. The lowest BCUT2D eigenvalue weighted by molar-refractivity contribution is -0.117. The number of amides is 2. The van der Waals surface area contributed by atoms with Crippen molar-refractivity contribution in [3.63, 3.8) is 0 Å². The molecule has 0 saturated carbocycles. The van der Waals surface area contributed by atoms with E-state index in [1.165, 1.54) is 5.56 Å². The molecule has 3 heterocycles. The first-order chi connectivity index (χ1) is 11.7. The number of H-pyrrole nitrogens is 1. The SMILES string of the molecule is Cl.O=C(NCC(=O)N1CCc2ccccc21)c1n[nH]c2c1CNCC2. The van der Waals surface area contributed by atoms with Crippen LogP contribution in [0.2, 0.25) is 0 Å². The van der Waals surface area contributed by atoms with Crippen molar-refractivity contribution in [2.24, 2.45) is 0 Å². The van der Waals surface area contributed by atoms with Crippen LogP contribution in [0, 0.1) is 0 Å². The largest absolute Gasteiger partial charge is 0.342 e. The van der Waals surface area contributed by atoms with E-state index in [9.17, 15) is 9.59 Å². The minimum absolute atomic E-state index is 0. The van der Waals surface area contributed by atoms with Crippen molar-refractivity contribution in [2.45, 2.75) is 19.4 Å². The minimum Gasteiger partial charge on any atom is -0.342 e. The number of anilines is 1. The van der Waals surface area contributed by atoms with Crippen LogP contribution in [0.4, 0.5) is 5.69 Å². The first-order valence-corrected chi connectivity index (χ1v) is 8.17. The monoisotopic (exact) mass is 361 g/mol. The van der Waals surface area contributed by atoms with Crippen LogP contribution in [0.3, 0.4) is 0 Å². The van der Waals surface area contributed by atoms with Crippen molar-refractivity contribution in [2.75, 3.05) is 24.5 Å². The number of aromatic nitrogens is 2. The molecule has 0 atom stereocenters. The fraction of sp³-hybridized carbons (Fsp3) is 0.353. The number of nitrogens with zero attached hydrogens (tertiary/aromatic N) is 2. The van der Waals surface area contributed by atoms with Crippen LogP contribution in [0.25, 0.3) is 0 Å². The minimum atomic E-state index is -0.308. The van der Waals surface area contributed by atoms with Crippen molar-refractivity contribution in [3.05, 3.63) is 46.8 Å². The number of carbonyl (C=O) groups is 2. The molecule has 2 aliphatic rings. The predicted octanol–water partition coefficient (Wildman–Crippen LogP) is 0.796. The summed E-state index contributed by atoms with van der Waals surface area (Å²) in [6, 6.07) is 7.87. The summed E-state index contributed by atoms with van der Waals surface area (Å²) in [7, 11) is 0. The molecule has 0 spiro atoms. The average Bonchev–Trinajstić information content (AvgIpc) is 3.23. The Labute approximate surface area is 151 Å². The Morgan fingerprint density at radius 1 is 1.24 bits per heavy atom. The highest BCUT2D eigenvalue weighted by molar-refractivity contribution is 6.01. The fourth-order valence-electron chi connectivity index (χ4n) is 3.35. The summed E-state index contributed by atoms with van der Waals surface area (Å²) in [6.45, 7) is 2.14. The molecule has 0 fully saturated rings. The summed E-state index contributed by atoms with van der Waals surface area (Å²) in [5.41, 5.74) is 4.39. The van der Waals surface area contributed by atoms with Crippen LogP contribution in [-0.2, 0) is 24.2 Å². The van der Waals surface area contributed by atoms with Gasteiger partial charge in [-0.05, 0) is 18.1 Å². The van der Waals surface area contributed by atoms with Crippen LogP contribution >= 0.6 is 12.4 Å². The van der Waals surface area contributed by atoms with Crippen LogP contribution in [0.5, 0.6) is 0 Å². The number of hydrogen-bond donors (Lipinski definition) is 3. The van der Waals surface area contributed by atoms with E-state index in [1.54, 1.807) is 4.90 Å². The topological polar surface area (TPSA) is 90.1 Å².